The lowest BCUT2D eigenvalue weighted by Gasteiger charge is -2.21. The SMILES string of the molecule is Cc1ccc(C=NNC(=O)c2cc(Cl)ccc2NC(=O)c2cccc(CN(C)CCCN(C)Cc3cccc(C(=O)Nc4ccc(Cl)cc4C(=O)NN=Cc4ccc(C)cc4)c3)c2)cc1. The molecule has 0 spiro atoms. The fraction of sp³-hybridized carbons (Fsp3) is 0.176. The highest BCUT2D eigenvalue weighted by molar-refractivity contribution is 6.31. The first-order valence-electron chi connectivity index (χ1n) is 20.9. The number of nitrogens with zero attached hydrogens (tertiary/aromatic N) is 4. The van der Waals surface area contributed by atoms with Gasteiger partial charge in [-0.2, -0.15) is 10.2 Å². The largest absolute Gasteiger partial charge is 0.321 e. The fourth-order valence-corrected chi connectivity index (χ4v) is 7.13. The molecular weight excluding hydrogens is 860 g/mol. The Morgan fingerprint density at radius 1 is 0.523 bits per heavy atom. The molecule has 0 aliphatic heterocycles. The number of carbonyl (C=O) groups is 4. The van der Waals surface area contributed by atoms with Crippen molar-refractivity contribution in [3.8, 4) is 0 Å². The second kappa shape index (κ2) is 23.1. The third-order valence-electron chi connectivity index (χ3n) is 10.2. The normalized spacial score (nSPS) is 11.3. The van der Waals surface area contributed by atoms with Crippen molar-refractivity contribution in [2.45, 2.75) is 33.4 Å². The van der Waals surface area contributed by atoms with Crippen LogP contribution < -0.4 is 21.5 Å². The first-order chi connectivity index (χ1) is 31.3. The van der Waals surface area contributed by atoms with E-state index >= 15 is 0 Å². The van der Waals surface area contributed by atoms with Crippen LogP contribution in [0.4, 0.5) is 11.4 Å². The number of rotatable bonds is 18. The molecule has 4 amide bonds. The minimum Gasteiger partial charge on any atom is -0.321 e. The minimum atomic E-state index is -0.516. The van der Waals surface area contributed by atoms with Crippen LogP contribution in [0.15, 0.2) is 144 Å². The molecule has 6 aromatic rings. The molecule has 65 heavy (non-hydrogen) atoms. The zero-order valence-electron chi connectivity index (χ0n) is 36.6. The summed E-state index contributed by atoms with van der Waals surface area (Å²) in [4.78, 5) is 57.4. The van der Waals surface area contributed by atoms with Crippen LogP contribution in [0.5, 0.6) is 0 Å². The van der Waals surface area contributed by atoms with Crippen molar-refractivity contribution in [1.82, 2.24) is 20.7 Å². The molecular formula is C51H50Cl2N8O4. The number of nitrogens with one attached hydrogen (secondary N) is 4. The molecule has 6 aromatic carbocycles. The van der Waals surface area contributed by atoms with E-state index in [1.54, 1.807) is 48.8 Å². The average molecular weight is 910 g/mol. The lowest BCUT2D eigenvalue weighted by molar-refractivity contribution is 0.0947. The number of hydrazone groups is 2. The first-order valence-corrected chi connectivity index (χ1v) is 21.6. The molecule has 0 aromatic heterocycles. The Morgan fingerprint density at radius 3 is 1.32 bits per heavy atom. The van der Waals surface area contributed by atoms with Gasteiger partial charge in [0.25, 0.3) is 23.6 Å². The van der Waals surface area contributed by atoms with Crippen molar-refractivity contribution >= 4 is 70.6 Å². The zero-order chi connectivity index (χ0) is 46.3. The maximum absolute atomic E-state index is 13.4. The van der Waals surface area contributed by atoms with Gasteiger partial charge < -0.3 is 20.4 Å². The number of amides is 4. The van der Waals surface area contributed by atoms with E-state index in [1.165, 1.54) is 12.1 Å². The second-order valence-corrected chi connectivity index (χ2v) is 16.6. The molecule has 0 aliphatic carbocycles. The number of hydrogen-bond acceptors (Lipinski definition) is 8. The summed E-state index contributed by atoms with van der Waals surface area (Å²) < 4.78 is 0. The standard InChI is InChI=1S/C51H50Cl2N8O4/c1-34-12-16-36(17-13-34)30-54-58-50(64)44-28-42(52)20-22-46(44)56-48(62)40-10-5-8-38(26-40)32-60(3)24-7-25-61(4)33-39-9-6-11-41(27-39)49(63)57-47-23-21-43(53)29-45(47)51(65)59-55-31-37-18-14-35(2)15-19-37/h5-6,8-23,26-31H,7,24-25,32-33H2,1-4H3,(H,56,62)(H,57,63)(H,58,64)(H,59,65). The lowest BCUT2D eigenvalue weighted by Crippen LogP contribution is -2.25. The van der Waals surface area contributed by atoms with E-state index in [2.05, 4.69) is 41.5 Å². The van der Waals surface area contributed by atoms with Crippen molar-refractivity contribution in [2.24, 2.45) is 10.2 Å². The summed E-state index contributed by atoms with van der Waals surface area (Å²) in [7, 11) is 4.06. The predicted octanol–water partition coefficient (Wildman–Crippen LogP) is 9.60. The van der Waals surface area contributed by atoms with Gasteiger partial charge in [0.1, 0.15) is 0 Å². The summed E-state index contributed by atoms with van der Waals surface area (Å²) in [5, 5.41) is 14.6. The van der Waals surface area contributed by atoms with Crippen LogP contribution in [0.3, 0.4) is 0 Å². The molecule has 6 rings (SSSR count). The van der Waals surface area contributed by atoms with Crippen molar-refractivity contribution < 1.29 is 19.2 Å². The maximum Gasteiger partial charge on any atom is 0.273 e. The molecule has 14 heteroatoms. The van der Waals surface area contributed by atoms with E-state index in [0.717, 1.165) is 52.9 Å². The van der Waals surface area contributed by atoms with Crippen LogP contribution in [0.25, 0.3) is 0 Å². The summed E-state index contributed by atoms with van der Waals surface area (Å²) >= 11 is 12.5. The number of benzene rings is 6. The van der Waals surface area contributed by atoms with E-state index in [0.29, 0.717) is 45.6 Å². The van der Waals surface area contributed by atoms with E-state index in [-0.39, 0.29) is 22.9 Å². The topological polar surface area (TPSA) is 148 Å². The van der Waals surface area contributed by atoms with Crippen LogP contribution in [0.1, 0.15) is 81.2 Å². The van der Waals surface area contributed by atoms with E-state index in [9.17, 15) is 19.2 Å². The van der Waals surface area contributed by atoms with Crippen LogP contribution in [-0.4, -0.2) is 73.0 Å². The molecule has 0 saturated carbocycles. The molecule has 0 heterocycles. The zero-order valence-corrected chi connectivity index (χ0v) is 38.1. The first kappa shape index (κ1) is 47.5. The van der Waals surface area contributed by atoms with Gasteiger partial charge >= 0.3 is 0 Å². The summed E-state index contributed by atoms with van der Waals surface area (Å²) in [6, 6.07) is 39.5. The lowest BCUT2D eigenvalue weighted by atomic mass is 10.1. The Balaban J connectivity index is 0.968. The number of halogens is 2. The third-order valence-corrected chi connectivity index (χ3v) is 10.7. The van der Waals surface area contributed by atoms with Crippen molar-refractivity contribution in [2.75, 3.05) is 37.8 Å². The molecule has 0 atom stereocenters. The third kappa shape index (κ3) is 14.5. The van der Waals surface area contributed by atoms with Gasteiger partial charge in [0.15, 0.2) is 0 Å². The Hall–Kier alpha value is -6.96. The van der Waals surface area contributed by atoms with Gasteiger partial charge in [0.2, 0.25) is 0 Å². The fourth-order valence-electron chi connectivity index (χ4n) is 6.79. The molecule has 4 N–H and O–H groups in total. The number of carbonyl (C=O) groups excluding carboxylic acids is 4. The molecule has 0 bridgehead atoms. The summed E-state index contributed by atoms with van der Waals surface area (Å²) in [6.07, 6.45) is 3.96. The molecule has 0 saturated heterocycles. The van der Waals surface area contributed by atoms with Gasteiger partial charge in [-0.05, 0) is 130 Å². The summed E-state index contributed by atoms with van der Waals surface area (Å²) in [5.41, 5.74) is 12.7. The molecule has 0 fully saturated rings. The smallest absolute Gasteiger partial charge is 0.273 e. The summed E-state index contributed by atoms with van der Waals surface area (Å²) in [6.45, 7) is 6.81. The number of hydrogen-bond donors (Lipinski definition) is 4. The highest BCUT2D eigenvalue weighted by Crippen LogP contribution is 2.24. The van der Waals surface area contributed by atoms with Crippen molar-refractivity contribution in [1.29, 1.82) is 0 Å². The van der Waals surface area contributed by atoms with Gasteiger partial charge in [0, 0.05) is 34.3 Å². The van der Waals surface area contributed by atoms with Crippen LogP contribution in [0, 0.1) is 13.8 Å². The van der Waals surface area contributed by atoms with Gasteiger partial charge in [-0.15, -0.1) is 0 Å². The van der Waals surface area contributed by atoms with Gasteiger partial charge in [0.05, 0.1) is 34.9 Å². The maximum atomic E-state index is 13.4. The highest BCUT2D eigenvalue weighted by Gasteiger charge is 2.18. The Labute approximate surface area is 389 Å². The van der Waals surface area contributed by atoms with Crippen LogP contribution in [-0.2, 0) is 13.1 Å². The average Bonchev–Trinajstić information content (AvgIpc) is 3.29. The number of anilines is 2. The summed E-state index contributed by atoms with van der Waals surface area (Å²) in [5.74, 6) is -1.76. The quantitative estimate of drug-likeness (QED) is 0.0499. The molecule has 0 unspecified atom stereocenters. The van der Waals surface area contributed by atoms with Gasteiger partial charge in [-0.25, -0.2) is 10.9 Å². The monoisotopic (exact) mass is 908 g/mol. The molecule has 0 aliphatic rings. The number of aryl methyl sites for hydroxylation is 2. The minimum absolute atomic E-state index is 0.179. The Morgan fingerprint density at radius 2 is 0.923 bits per heavy atom. The van der Waals surface area contributed by atoms with Crippen LogP contribution >= 0.6 is 23.2 Å². The van der Waals surface area contributed by atoms with Crippen LogP contribution in [0.2, 0.25) is 10.0 Å². The predicted molar refractivity (Wildman–Crippen MR) is 261 cm³/mol. The second-order valence-electron chi connectivity index (χ2n) is 15.7. The van der Waals surface area contributed by atoms with Gasteiger partial charge in [-0.3, -0.25) is 19.2 Å². The van der Waals surface area contributed by atoms with E-state index in [1.807, 2.05) is 113 Å². The van der Waals surface area contributed by atoms with E-state index in [4.69, 9.17) is 23.2 Å². The van der Waals surface area contributed by atoms with Gasteiger partial charge in [-0.1, -0.05) is 107 Å². The Kier molecular flexibility index (Phi) is 16.9. The molecule has 332 valence electrons. The highest BCUT2D eigenvalue weighted by atomic mass is 35.5. The van der Waals surface area contributed by atoms with Crippen molar-refractivity contribution in [3.05, 3.63) is 199 Å². The molecule has 12 nitrogen and oxygen atoms in total. The van der Waals surface area contributed by atoms with E-state index < -0.39 is 11.8 Å². The van der Waals surface area contributed by atoms with Crippen molar-refractivity contribution in [3.63, 3.8) is 0 Å². The Bertz CT molecular complexity index is 2520. The molecule has 0 radical (unpaired) electrons.